The number of piperidine rings is 1. The van der Waals surface area contributed by atoms with Crippen LogP contribution in [0, 0.1) is 16.0 Å². The number of hydrogen-bond donors (Lipinski definition) is 0. The molecule has 0 saturated carbocycles. The summed E-state index contributed by atoms with van der Waals surface area (Å²) in [4.78, 5) is 23.4. The van der Waals surface area contributed by atoms with Crippen molar-refractivity contribution in [3.63, 3.8) is 0 Å². The van der Waals surface area contributed by atoms with Crippen LogP contribution in [0.4, 0.5) is 11.4 Å². The number of nitro benzene ring substituents is 1. The van der Waals surface area contributed by atoms with E-state index in [4.69, 9.17) is 0 Å². The molecule has 0 spiro atoms. The minimum atomic E-state index is -0.384. The van der Waals surface area contributed by atoms with E-state index in [-0.39, 0.29) is 16.5 Å². The molecular formula is C12H13BrN2O3. The molecule has 1 aliphatic rings. The third-order valence-corrected chi connectivity index (χ3v) is 3.62. The van der Waals surface area contributed by atoms with Gasteiger partial charge in [0.05, 0.1) is 4.92 Å². The number of nitrogens with zero attached hydrogens (tertiary/aromatic N) is 2. The van der Waals surface area contributed by atoms with Gasteiger partial charge in [0, 0.05) is 29.5 Å². The molecule has 1 atom stereocenters. The van der Waals surface area contributed by atoms with E-state index in [9.17, 15) is 14.9 Å². The minimum absolute atomic E-state index is 0.0259. The molecule has 0 radical (unpaired) electrons. The zero-order chi connectivity index (χ0) is 13.1. The van der Waals surface area contributed by atoms with Crippen molar-refractivity contribution >= 4 is 33.6 Å². The molecule has 18 heavy (non-hydrogen) atoms. The van der Waals surface area contributed by atoms with E-state index in [1.165, 1.54) is 6.07 Å². The van der Waals surface area contributed by atoms with Crippen molar-refractivity contribution in [2.24, 2.45) is 5.92 Å². The van der Waals surface area contributed by atoms with E-state index in [0.29, 0.717) is 16.7 Å². The number of nitro groups is 1. The van der Waals surface area contributed by atoms with E-state index < -0.39 is 0 Å². The van der Waals surface area contributed by atoms with Crippen LogP contribution >= 0.6 is 15.9 Å². The number of aldehydes is 1. The van der Waals surface area contributed by atoms with Gasteiger partial charge in [0.1, 0.15) is 12.0 Å². The van der Waals surface area contributed by atoms with Gasteiger partial charge in [-0.15, -0.1) is 0 Å². The Morgan fingerprint density at radius 3 is 2.94 bits per heavy atom. The fourth-order valence-corrected chi connectivity index (χ4v) is 2.60. The Morgan fingerprint density at radius 2 is 2.28 bits per heavy atom. The first-order valence-corrected chi connectivity index (χ1v) is 6.55. The first-order valence-electron chi connectivity index (χ1n) is 5.76. The molecule has 0 N–H and O–H groups in total. The summed E-state index contributed by atoms with van der Waals surface area (Å²) >= 11 is 3.24. The topological polar surface area (TPSA) is 63.5 Å². The SMILES string of the molecule is O=CC1CCCN(c2ccc(Br)cc2[N+](=O)[O-])C1. The lowest BCUT2D eigenvalue weighted by Crippen LogP contribution is -2.36. The molecule has 0 amide bonds. The fourth-order valence-electron chi connectivity index (χ4n) is 2.25. The maximum atomic E-state index is 11.1. The molecule has 0 aliphatic carbocycles. The Balaban J connectivity index is 2.32. The zero-order valence-electron chi connectivity index (χ0n) is 9.71. The Labute approximate surface area is 113 Å². The molecule has 1 unspecified atom stereocenters. The van der Waals surface area contributed by atoms with Crippen LogP contribution in [0.3, 0.4) is 0 Å². The predicted molar refractivity (Wildman–Crippen MR) is 71.8 cm³/mol. The highest BCUT2D eigenvalue weighted by Gasteiger charge is 2.25. The zero-order valence-corrected chi connectivity index (χ0v) is 11.3. The van der Waals surface area contributed by atoms with Gasteiger partial charge in [-0.05, 0) is 25.0 Å². The number of rotatable bonds is 3. The summed E-state index contributed by atoms with van der Waals surface area (Å²) in [7, 11) is 0. The third kappa shape index (κ3) is 2.69. The number of anilines is 1. The van der Waals surface area contributed by atoms with Crippen molar-refractivity contribution in [1.29, 1.82) is 0 Å². The van der Waals surface area contributed by atoms with Gasteiger partial charge in [-0.2, -0.15) is 0 Å². The van der Waals surface area contributed by atoms with Gasteiger partial charge in [-0.25, -0.2) is 0 Å². The lowest BCUT2D eigenvalue weighted by atomic mass is 9.99. The summed E-state index contributed by atoms with van der Waals surface area (Å²) in [6, 6.07) is 5.02. The van der Waals surface area contributed by atoms with Crippen molar-refractivity contribution in [3.8, 4) is 0 Å². The van der Waals surface area contributed by atoms with Crippen molar-refractivity contribution in [2.75, 3.05) is 18.0 Å². The Hall–Kier alpha value is -1.43. The standard InChI is InChI=1S/C12H13BrN2O3/c13-10-3-4-11(12(6-10)15(17)18)14-5-1-2-9(7-14)8-16/h3-4,6,8-9H,1-2,5,7H2. The molecule has 96 valence electrons. The first-order chi connectivity index (χ1) is 8.61. The van der Waals surface area contributed by atoms with Crippen LogP contribution in [0.15, 0.2) is 22.7 Å². The van der Waals surface area contributed by atoms with Gasteiger partial charge in [-0.3, -0.25) is 10.1 Å². The molecule has 1 saturated heterocycles. The van der Waals surface area contributed by atoms with Gasteiger partial charge in [0.2, 0.25) is 0 Å². The highest BCUT2D eigenvalue weighted by molar-refractivity contribution is 9.10. The van der Waals surface area contributed by atoms with E-state index in [2.05, 4.69) is 15.9 Å². The van der Waals surface area contributed by atoms with Gasteiger partial charge in [0.25, 0.3) is 5.69 Å². The maximum absolute atomic E-state index is 11.1. The average molecular weight is 313 g/mol. The van der Waals surface area contributed by atoms with E-state index >= 15 is 0 Å². The minimum Gasteiger partial charge on any atom is -0.365 e. The molecular weight excluding hydrogens is 300 g/mol. The molecule has 5 nitrogen and oxygen atoms in total. The molecule has 0 bridgehead atoms. The van der Waals surface area contributed by atoms with Crippen molar-refractivity contribution in [2.45, 2.75) is 12.8 Å². The molecule has 2 rings (SSSR count). The van der Waals surface area contributed by atoms with E-state index in [1.807, 2.05) is 4.90 Å². The largest absolute Gasteiger partial charge is 0.365 e. The van der Waals surface area contributed by atoms with Gasteiger partial charge in [-0.1, -0.05) is 15.9 Å². The highest BCUT2D eigenvalue weighted by Crippen LogP contribution is 2.33. The number of hydrogen-bond acceptors (Lipinski definition) is 4. The molecule has 0 aromatic heterocycles. The summed E-state index contributed by atoms with van der Waals surface area (Å²) in [5, 5.41) is 11.1. The fraction of sp³-hybridized carbons (Fsp3) is 0.417. The van der Waals surface area contributed by atoms with Gasteiger partial charge in [0.15, 0.2) is 0 Å². The summed E-state index contributed by atoms with van der Waals surface area (Å²) in [6.45, 7) is 1.32. The van der Waals surface area contributed by atoms with Crippen LogP contribution in [-0.4, -0.2) is 24.3 Å². The van der Waals surface area contributed by atoms with Crippen LogP contribution < -0.4 is 4.90 Å². The molecule has 1 aromatic rings. The number of carbonyl (C=O) groups is 1. The molecule has 1 heterocycles. The summed E-state index contributed by atoms with van der Waals surface area (Å²) in [5.74, 6) is -0.0259. The molecule has 6 heteroatoms. The van der Waals surface area contributed by atoms with Crippen LogP contribution in [0.1, 0.15) is 12.8 Å². The maximum Gasteiger partial charge on any atom is 0.293 e. The number of carbonyl (C=O) groups excluding carboxylic acids is 1. The molecule has 1 aromatic carbocycles. The van der Waals surface area contributed by atoms with Crippen LogP contribution in [0.5, 0.6) is 0 Å². The number of benzene rings is 1. The second kappa shape index (κ2) is 5.48. The quantitative estimate of drug-likeness (QED) is 0.489. The second-order valence-corrected chi connectivity index (χ2v) is 5.29. The van der Waals surface area contributed by atoms with E-state index in [0.717, 1.165) is 25.7 Å². The monoisotopic (exact) mass is 312 g/mol. The Kier molecular flexibility index (Phi) is 3.96. The Morgan fingerprint density at radius 1 is 1.50 bits per heavy atom. The summed E-state index contributed by atoms with van der Waals surface area (Å²) < 4.78 is 0.682. The van der Waals surface area contributed by atoms with Crippen molar-refractivity contribution in [1.82, 2.24) is 0 Å². The van der Waals surface area contributed by atoms with Gasteiger partial charge >= 0.3 is 0 Å². The molecule has 1 aliphatic heterocycles. The van der Waals surface area contributed by atoms with Crippen LogP contribution in [0.25, 0.3) is 0 Å². The summed E-state index contributed by atoms with van der Waals surface area (Å²) in [6.07, 6.45) is 2.69. The highest BCUT2D eigenvalue weighted by atomic mass is 79.9. The summed E-state index contributed by atoms with van der Waals surface area (Å²) in [5.41, 5.74) is 0.672. The van der Waals surface area contributed by atoms with Crippen LogP contribution in [-0.2, 0) is 4.79 Å². The normalized spacial score (nSPS) is 19.6. The number of halogens is 1. The Bertz CT molecular complexity index is 478. The van der Waals surface area contributed by atoms with Crippen LogP contribution in [0.2, 0.25) is 0 Å². The second-order valence-electron chi connectivity index (χ2n) is 4.37. The molecule has 1 fully saturated rings. The lowest BCUT2D eigenvalue weighted by molar-refractivity contribution is -0.384. The smallest absolute Gasteiger partial charge is 0.293 e. The third-order valence-electron chi connectivity index (χ3n) is 3.13. The van der Waals surface area contributed by atoms with Gasteiger partial charge < -0.3 is 9.69 Å². The van der Waals surface area contributed by atoms with E-state index in [1.54, 1.807) is 12.1 Å². The first kappa shape index (κ1) is 13.0. The van der Waals surface area contributed by atoms with Crippen molar-refractivity contribution < 1.29 is 9.72 Å². The lowest BCUT2D eigenvalue weighted by Gasteiger charge is -2.31. The average Bonchev–Trinajstić information content (AvgIpc) is 2.38. The predicted octanol–water partition coefficient (Wildman–Crippen LogP) is 2.77. The van der Waals surface area contributed by atoms with Crippen molar-refractivity contribution in [3.05, 3.63) is 32.8 Å².